The van der Waals surface area contributed by atoms with E-state index in [1.54, 1.807) is 18.2 Å². The van der Waals surface area contributed by atoms with Gasteiger partial charge < -0.3 is 10.1 Å². The van der Waals surface area contributed by atoms with Crippen molar-refractivity contribution >= 4 is 5.78 Å². The highest BCUT2D eigenvalue weighted by Crippen LogP contribution is 2.31. The Bertz CT molecular complexity index is 1100. The van der Waals surface area contributed by atoms with Crippen LogP contribution in [0.15, 0.2) is 42.9 Å². The van der Waals surface area contributed by atoms with Gasteiger partial charge in [-0.25, -0.2) is 9.97 Å². The number of rotatable bonds is 5. The molecule has 4 rings (SSSR count). The number of aryl methyl sites for hydroxylation is 1. The topological polar surface area (TPSA) is 119 Å². The molecule has 30 heavy (non-hydrogen) atoms. The Morgan fingerprint density at radius 3 is 2.80 bits per heavy atom. The first kappa shape index (κ1) is 19.7. The largest absolute Gasteiger partial charge is 0.461 e. The predicted octanol–water partition coefficient (Wildman–Crippen LogP) is 2.01. The highest BCUT2D eigenvalue weighted by atomic mass is 16.5. The maximum atomic E-state index is 13.8. The van der Waals surface area contributed by atoms with Crippen molar-refractivity contribution in [3.8, 4) is 17.8 Å². The Labute approximate surface area is 173 Å². The standard InChI is InChI=1S/C21H21N7O2/c1-14-5-7-21(13-24-14,30-18-11-16(12-22)6-8-23-18)19(29)17-4-3-15(2)27-20(17)28-25-9-10-26-28/h3-4,6,8-11,14,24H,5,7,13H2,1-2H3/t14-,21-/m1/s1. The molecule has 9 heteroatoms. The van der Waals surface area contributed by atoms with Gasteiger partial charge in [-0.05, 0) is 44.9 Å². The number of nitrogens with zero attached hydrogens (tertiary/aromatic N) is 6. The molecule has 1 aliphatic heterocycles. The number of piperidine rings is 1. The Morgan fingerprint density at radius 1 is 1.30 bits per heavy atom. The van der Waals surface area contributed by atoms with Crippen LogP contribution in [0.4, 0.5) is 0 Å². The van der Waals surface area contributed by atoms with Gasteiger partial charge in [0.05, 0.1) is 29.6 Å². The Kier molecular flexibility index (Phi) is 5.25. The normalized spacial score (nSPS) is 21.0. The third-order valence-electron chi connectivity index (χ3n) is 5.16. The van der Waals surface area contributed by atoms with Crippen molar-refractivity contribution in [1.82, 2.24) is 30.3 Å². The molecule has 0 radical (unpaired) electrons. The van der Waals surface area contributed by atoms with Crippen LogP contribution in [0.5, 0.6) is 5.88 Å². The van der Waals surface area contributed by atoms with Gasteiger partial charge in [0, 0.05) is 30.5 Å². The summed E-state index contributed by atoms with van der Waals surface area (Å²) in [4.78, 5) is 23.9. The van der Waals surface area contributed by atoms with Gasteiger partial charge in [0.25, 0.3) is 0 Å². The third kappa shape index (κ3) is 3.77. The van der Waals surface area contributed by atoms with Gasteiger partial charge in [-0.1, -0.05) is 0 Å². The molecule has 0 spiro atoms. The van der Waals surface area contributed by atoms with E-state index < -0.39 is 5.60 Å². The van der Waals surface area contributed by atoms with E-state index in [1.165, 1.54) is 29.5 Å². The monoisotopic (exact) mass is 403 g/mol. The Morgan fingerprint density at radius 2 is 2.10 bits per heavy atom. The first-order valence-corrected chi connectivity index (χ1v) is 9.68. The van der Waals surface area contributed by atoms with Gasteiger partial charge in [0.2, 0.25) is 11.7 Å². The first-order valence-electron chi connectivity index (χ1n) is 9.68. The quantitative estimate of drug-likeness (QED) is 0.643. The number of ketones is 1. The van der Waals surface area contributed by atoms with Gasteiger partial charge in [0.15, 0.2) is 11.4 Å². The maximum Gasteiger partial charge on any atom is 0.215 e. The van der Waals surface area contributed by atoms with Crippen LogP contribution in [0.1, 0.15) is 41.4 Å². The second-order valence-corrected chi connectivity index (χ2v) is 7.38. The molecule has 1 N–H and O–H groups in total. The number of ether oxygens (including phenoxy) is 1. The van der Waals surface area contributed by atoms with Crippen LogP contribution in [0.3, 0.4) is 0 Å². The van der Waals surface area contributed by atoms with Crippen molar-refractivity contribution in [2.75, 3.05) is 6.54 Å². The Balaban J connectivity index is 1.77. The summed E-state index contributed by atoms with van der Waals surface area (Å²) >= 11 is 0. The fourth-order valence-corrected chi connectivity index (χ4v) is 3.48. The van der Waals surface area contributed by atoms with Crippen molar-refractivity contribution in [1.29, 1.82) is 5.26 Å². The van der Waals surface area contributed by atoms with Crippen molar-refractivity contribution in [3.05, 3.63) is 59.7 Å². The van der Waals surface area contributed by atoms with E-state index in [1.807, 2.05) is 6.92 Å². The van der Waals surface area contributed by atoms with Crippen molar-refractivity contribution in [2.45, 2.75) is 38.3 Å². The first-order chi connectivity index (χ1) is 14.5. The predicted molar refractivity (Wildman–Crippen MR) is 107 cm³/mol. The van der Waals surface area contributed by atoms with Gasteiger partial charge in [-0.2, -0.15) is 15.5 Å². The molecule has 1 fully saturated rings. The summed E-state index contributed by atoms with van der Waals surface area (Å²) in [5.74, 6) is 0.355. The summed E-state index contributed by atoms with van der Waals surface area (Å²) in [7, 11) is 0. The minimum atomic E-state index is -1.19. The van der Waals surface area contributed by atoms with Gasteiger partial charge >= 0.3 is 0 Å². The summed E-state index contributed by atoms with van der Waals surface area (Å²) in [6.07, 6.45) is 5.81. The molecular weight excluding hydrogens is 382 g/mol. The minimum Gasteiger partial charge on any atom is -0.461 e. The molecule has 0 bridgehead atoms. The van der Waals surface area contributed by atoms with E-state index in [-0.39, 0.29) is 17.7 Å². The van der Waals surface area contributed by atoms with Gasteiger partial charge in [-0.3, -0.25) is 4.79 Å². The fraction of sp³-hybridized carbons (Fsp3) is 0.333. The maximum absolute atomic E-state index is 13.8. The van der Waals surface area contributed by atoms with Crippen LogP contribution in [-0.2, 0) is 0 Å². The van der Waals surface area contributed by atoms with E-state index >= 15 is 0 Å². The van der Waals surface area contributed by atoms with E-state index in [9.17, 15) is 10.1 Å². The SMILES string of the molecule is Cc1ccc(C(=O)[C@@]2(Oc3cc(C#N)ccn3)CC[C@@H](C)NC2)c(-n2nccn2)n1. The zero-order chi connectivity index (χ0) is 21.1. The molecule has 9 nitrogen and oxygen atoms in total. The fourth-order valence-electron chi connectivity index (χ4n) is 3.48. The molecule has 152 valence electrons. The average Bonchev–Trinajstić information content (AvgIpc) is 3.30. The molecule has 2 atom stereocenters. The van der Waals surface area contributed by atoms with Crippen LogP contribution in [0.2, 0.25) is 0 Å². The molecule has 0 saturated carbocycles. The van der Waals surface area contributed by atoms with Crippen LogP contribution in [-0.4, -0.2) is 48.9 Å². The van der Waals surface area contributed by atoms with Crippen molar-refractivity contribution < 1.29 is 9.53 Å². The van der Waals surface area contributed by atoms with E-state index in [0.717, 1.165) is 12.1 Å². The van der Waals surface area contributed by atoms with Crippen LogP contribution < -0.4 is 10.1 Å². The summed E-state index contributed by atoms with van der Waals surface area (Å²) < 4.78 is 6.20. The summed E-state index contributed by atoms with van der Waals surface area (Å²) in [5.41, 5.74) is 0.335. The number of nitriles is 1. The molecule has 3 aromatic heterocycles. The van der Waals surface area contributed by atoms with Gasteiger partial charge in [-0.15, -0.1) is 4.80 Å². The zero-order valence-corrected chi connectivity index (χ0v) is 16.7. The number of hydrogen-bond acceptors (Lipinski definition) is 8. The second kappa shape index (κ2) is 8.00. The van der Waals surface area contributed by atoms with Crippen molar-refractivity contribution in [2.24, 2.45) is 0 Å². The average molecular weight is 403 g/mol. The molecule has 0 unspecified atom stereocenters. The third-order valence-corrected chi connectivity index (χ3v) is 5.16. The minimum absolute atomic E-state index is 0.231. The zero-order valence-electron chi connectivity index (χ0n) is 16.7. The number of aromatic nitrogens is 5. The number of carbonyl (C=O) groups is 1. The van der Waals surface area contributed by atoms with Gasteiger partial charge in [0.1, 0.15) is 0 Å². The lowest BCUT2D eigenvalue weighted by atomic mass is 9.83. The Hall–Kier alpha value is -3.64. The lowest BCUT2D eigenvalue weighted by Gasteiger charge is -2.38. The molecular formula is C21H21N7O2. The summed E-state index contributed by atoms with van der Waals surface area (Å²) in [5, 5.41) is 20.8. The number of Topliss-reactive ketones (excluding diaryl/α,β-unsaturated/α-hetero) is 1. The lowest BCUT2D eigenvalue weighted by Crippen LogP contribution is -2.58. The van der Waals surface area contributed by atoms with E-state index in [2.05, 4.69) is 38.5 Å². The molecule has 3 aromatic rings. The molecule has 0 aromatic carbocycles. The highest BCUT2D eigenvalue weighted by Gasteiger charge is 2.45. The molecule has 4 heterocycles. The van der Waals surface area contributed by atoms with Crippen LogP contribution >= 0.6 is 0 Å². The van der Waals surface area contributed by atoms with Crippen molar-refractivity contribution in [3.63, 3.8) is 0 Å². The summed E-state index contributed by atoms with van der Waals surface area (Å²) in [6, 6.07) is 8.97. The molecule has 1 aliphatic rings. The number of nitrogens with one attached hydrogen (secondary N) is 1. The van der Waals surface area contributed by atoms with E-state index in [0.29, 0.717) is 29.9 Å². The summed E-state index contributed by atoms with van der Waals surface area (Å²) in [6.45, 7) is 4.22. The van der Waals surface area contributed by atoms with E-state index in [4.69, 9.17) is 4.74 Å². The molecule has 0 amide bonds. The lowest BCUT2D eigenvalue weighted by molar-refractivity contribution is 0.0263. The van der Waals surface area contributed by atoms with Crippen LogP contribution in [0, 0.1) is 18.3 Å². The molecule has 1 saturated heterocycles. The number of pyridine rings is 2. The number of carbonyl (C=O) groups excluding carboxylic acids is 1. The van der Waals surface area contributed by atoms with Crippen LogP contribution in [0.25, 0.3) is 5.82 Å². The number of hydrogen-bond donors (Lipinski definition) is 1. The second-order valence-electron chi connectivity index (χ2n) is 7.38. The molecule has 0 aliphatic carbocycles. The smallest absolute Gasteiger partial charge is 0.215 e. The highest BCUT2D eigenvalue weighted by molar-refractivity contribution is 6.05.